The maximum absolute atomic E-state index is 9.36. The van der Waals surface area contributed by atoms with Gasteiger partial charge in [0.2, 0.25) is 0 Å². The molecule has 0 amide bonds. The van der Waals surface area contributed by atoms with Gasteiger partial charge >= 0.3 is 0 Å². The third kappa shape index (κ3) is 2.94. The Bertz CT molecular complexity index is 597. The molecule has 6 heteroatoms. The van der Waals surface area contributed by atoms with Crippen molar-refractivity contribution in [1.29, 1.82) is 5.26 Å². The molecule has 0 aliphatic carbocycles. The van der Waals surface area contributed by atoms with E-state index in [0.717, 1.165) is 36.2 Å². The number of anilines is 1. The van der Waals surface area contributed by atoms with Gasteiger partial charge in [0.1, 0.15) is 11.6 Å². The Morgan fingerprint density at radius 3 is 2.75 bits per heavy atom. The molecule has 2 aromatic rings. The molecule has 0 unspecified atom stereocenters. The first-order chi connectivity index (χ1) is 9.80. The fourth-order valence-electron chi connectivity index (χ4n) is 2.15. The van der Waals surface area contributed by atoms with Crippen LogP contribution in [0.1, 0.15) is 36.4 Å². The second-order valence-corrected chi connectivity index (χ2v) is 4.42. The lowest BCUT2D eigenvalue weighted by atomic mass is 10.0. The van der Waals surface area contributed by atoms with E-state index in [-0.39, 0.29) is 0 Å². The Hall–Kier alpha value is -2.42. The molecule has 2 aromatic heterocycles. The van der Waals surface area contributed by atoms with Crippen LogP contribution in [-0.4, -0.2) is 26.7 Å². The van der Waals surface area contributed by atoms with Crippen LogP contribution < -0.4 is 5.32 Å². The summed E-state index contributed by atoms with van der Waals surface area (Å²) in [4.78, 5) is 7.01. The monoisotopic (exact) mass is 270 g/mol. The van der Waals surface area contributed by atoms with Crippen LogP contribution >= 0.6 is 0 Å². The zero-order valence-corrected chi connectivity index (χ0v) is 11.8. The van der Waals surface area contributed by atoms with Gasteiger partial charge in [0, 0.05) is 24.9 Å². The molecular formula is C14H18N6. The molecule has 0 aliphatic heterocycles. The molecule has 0 aromatic carbocycles. The average molecular weight is 270 g/mol. The van der Waals surface area contributed by atoms with Crippen LogP contribution in [0.25, 0.3) is 0 Å². The summed E-state index contributed by atoms with van der Waals surface area (Å²) in [6.45, 7) is 4.74. The molecule has 6 nitrogen and oxygen atoms in total. The normalized spacial score (nSPS) is 10.2. The lowest BCUT2D eigenvalue weighted by Crippen LogP contribution is -2.12. The molecule has 0 bridgehead atoms. The van der Waals surface area contributed by atoms with Gasteiger partial charge in [-0.05, 0) is 18.4 Å². The number of rotatable bonds is 6. The smallest absolute Gasteiger partial charge is 0.166 e. The quantitative estimate of drug-likeness (QED) is 0.836. The minimum atomic E-state index is 0.570. The predicted molar refractivity (Wildman–Crippen MR) is 76.3 cm³/mol. The largest absolute Gasteiger partial charge is 0.367 e. The first-order valence-electron chi connectivity index (χ1n) is 6.79. The van der Waals surface area contributed by atoms with Crippen LogP contribution in [0.2, 0.25) is 0 Å². The lowest BCUT2D eigenvalue weighted by Gasteiger charge is -2.11. The molecule has 104 valence electrons. The first kappa shape index (κ1) is 14.0. The standard InChI is InChI=1S/C14H18N6/c1-3-11-12(7-15)14(20-19-13(11)4-2)17-6-5-10-8-16-9-18-10/h8-9H,3-6H2,1-2H3,(H,16,18)(H,17,20). The molecule has 0 saturated carbocycles. The van der Waals surface area contributed by atoms with Gasteiger partial charge in [0.25, 0.3) is 0 Å². The van der Waals surface area contributed by atoms with E-state index in [2.05, 4.69) is 31.6 Å². The van der Waals surface area contributed by atoms with Crippen molar-refractivity contribution in [1.82, 2.24) is 20.2 Å². The zero-order valence-electron chi connectivity index (χ0n) is 11.8. The van der Waals surface area contributed by atoms with Crippen LogP contribution in [-0.2, 0) is 19.3 Å². The number of H-pyrrole nitrogens is 1. The molecule has 2 rings (SSSR count). The van der Waals surface area contributed by atoms with E-state index in [1.54, 1.807) is 12.5 Å². The Morgan fingerprint density at radius 1 is 1.30 bits per heavy atom. The Kier molecular flexibility index (Phi) is 4.66. The third-order valence-electron chi connectivity index (χ3n) is 3.20. The molecular weight excluding hydrogens is 252 g/mol. The van der Waals surface area contributed by atoms with Crippen LogP contribution in [0, 0.1) is 11.3 Å². The van der Waals surface area contributed by atoms with Gasteiger partial charge in [0.05, 0.1) is 12.0 Å². The third-order valence-corrected chi connectivity index (χ3v) is 3.20. The Morgan fingerprint density at radius 2 is 2.15 bits per heavy atom. The predicted octanol–water partition coefficient (Wildman–Crippen LogP) is 1.85. The van der Waals surface area contributed by atoms with E-state index < -0.39 is 0 Å². The number of imidazole rings is 1. The van der Waals surface area contributed by atoms with E-state index in [1.807, 2.05) is 13.8 Å². The van der Waals surface area contributed by atoms with Gasteiger partial charge in [0.15, 0.2) is 5.82 Å². The maximum Gasteiger partial charge on any atom is 0.166 e. The Labute approximate surface area is 118 Å². The summed E-state index contributed by atoms with van der Waals surface area (Å²) in [7, 11) is 0. The van der Waals surface area contributed by atoms with E-state index in [9.17, 15) is 5.26 Å². The second kappa shape index (κ2) is 6.66. The number of hydrogen-bond donors (Lipinski definition) is 2. The van der Waals surface area contributed by atoms with Crippen LogP contribution in [0.15, 0.2) is 12.5 Å². The summed E-state index contributed by atoms with van der Waals surface area (Å²) in [5, 5.41) is 20.9. The molecule has 20 heavy (non-hydrogen) atoms. The number of aromatic amines is 1. The maximum atomic E-state index is 9.36. The topological polar surface area (TPSA) is 90.3 Å². The molecule has 2 N–H and O–H groups in total. The molecule has 0 fully saturated rings. The average Bonchev–Trinajstić information content (AvgIpc) is 2.99. The van der Waals surface area contributed by atoms with E-state index in [0.29, 0.717) is 17.9 Å². The van der Waals surface area contributed by atoms with Crippen LogP contribution in [0.3, 0.4) is 0 Å². The van der Waals surface area contributed by atoms with Gasteiger partial charge in [-0.15, -0.1) is 5.10 Å². The van der Waals surface area contributed by atoms with Crippen molar-refractivity contribution < 1.29 is 0 Å². The highest BCUT2D eigenvalue weighted by Gasteiger charge is 2.13. The van der Waals surface area contributed by atoms with Gasteiger partial charge in [-0.3, -0.25) is 0 Å². The number of aryl methyl sites for hydroxylation is 1. The van der Waals surface area contributed by atoms with Gasteiger partial charge in [-0.2, -0.15) is 10.4 Å². The van der Waals surface area contributed by atoms with Crippen molar-refractivity contribution in [2.45, 2.75) is 33.1 Å². The minimum absolute atomic E-state index is 0.570. The van der Waals surface area contributed by atoms with Crippen molar-refractivity contribution in [2.75, 3.05) is 11.9 Å². The number of hydrogen-bond acceptors (Lipinski definition) is 5. The minimum Gasteiger partial charge on any atom is -0.367 e. The molecule has 0 spiro atoms. The summed E-state index contributed by atoms with van der Waals surface area (Å²) >= 11 is 0. The molecule has 0 radical (unpaired) electrons. The van der Waals surface area contributed by atoms with Crippen molar-refractivity contribution in [2.24, 2.45) is 0 Å². The van der Waals surface area contributed by atoms with E-state index >= 15 is 0 Å². The van der Waals surface area contributed by atoms with Crippen molar-refractivity contribution in [3.05, 3.63) is 35.0 Å². The number of nitriles is 1. The van der Waals surface area contributed by atoms with Crippen molar-refractivity contribution in [3.63, 3.8) is 0 Å². The highest BCUT2D eigenvalue weighted by Crippen LogP contribution is 2.19. The lowest BCUT2D eigenvalue weighted by molar-refractivity contribution is 0.863. The number of nitrogens with one attached hydrogen (secondary N) is 2. The summed E-state index contributed by atoms with van der Waals surface area (Å²) in [5.74, 6) is 0.570. The summed E-state index contributed by atoms with van der Waals surface area (Å²) < 4.78 is 0. The van der Waals surface area contributed by atoms with E-state index in [4.69, 9.17) is 0 Å². The highest BCUT2D eigenvalue weighted by molar-refractivity contribution is 5.56. The summed E-state index contributed by atoms with van der Waals surface area (Å²) in [6, 6.07) is 2.25. The van der Waals surface area contributed by atoms with Crippen LogP contribution in [0.5, 0.6) is 0 Å². The SMILES string of the molecule is CCc1nnc(NCCc2cnc[nH]2)c(C#N)c1CC. The van der Waals surface area contributed by atoms with Crippen molar-refractivity contribution >= 4 is 5.82 Å². The van der Waals surface area contributed by atoms with Gasteiger partial charge in [-0.1, -0.05) is 13.8 Å². The Balaban J connectivity index is 2.13. The number of aromatic nitrogens is 4. The summed E-state index contributed by atoms with van der Waals surface area (Å²) in [5.41, 5.74) is 3.56. The second-order valence-electron chi connectivity index (χ2n) is 4.42. The first-order valence-corrected chi connectivity index (χ1v) is 6.79. The van der Waals surface area contributed by atoms with Crippen molar-refractivity contribution in [3.8, 4) is 6.07 Å². The number of nitrogens with zero attached hydrogens (tertiary/aromatic N) is 4. The highest BCUT2D eigenvalue weighted by atomic mass is 15.2. The summed E-state index contributed by atoms with van der Waals surface area (Å²) in [6.07, 6.45) is 5.82. The molecule has 0 aliphatic rings. The van der Waals surface area contributed by atoms with Gasteiger partial charge in [-0.25, -0.2) is 4.98 Å². The molecule has 0 atom stereocenters. The fraction of sp³-hybridized carbons (Fsp3) is 0.429. The van der Waals surface area contributed by atoms with Crippen LogP contribution in [0.4, 0.5) is 5.82 Å². The molecule has 2 heterocycles. The zero-order chi connectivity index (χ0) is 14.4. The molecule has 0 saturated heterocycles. The fourth-order valence-corrected chi connectivity index (χ4v) is 2.15. The van der Waals surface area contributed by atoms with Gasteiger partial charge < -0.3 is 10.3 Å². The van der Waals surface area contributed by atoms with E-state index in [1.165, 1.54) is 0 Å².